The van der Waals surface area contributed by atoms with Crippen molar-refractivity contribution in [1.82, 2.24) is 5.01 Å². The van der Waals surface area contributed by atoms with Gasteiger partial charge in [0.1, 0.15) is 5.82 Å². The molecular formula is C15H18FN3S. The Kier molecular flexibility index (Phi) is 4.84. The highest BCUT2D eigenvalue weighted by atomic mass is 32.2. The van der Waals surface area contributed by atoms with Crippen molar-refractivity contribution in [3.05, 3.63) is 47.4 Å². The summed E-state index contributed by atoms with van der Waals surface area (Å²) in [7, 11) is 1.78. The summed E-state index contributed by atoms with van der Waals surface area (Å²) in [6.45, 7) is 5.98. The molecule has 0 aromatic heterocycles. The minimum absolute atomic E-state index is 0.224. The zero-order chi connectivity index (χ0) is 14.5. The molecule has 0 fully saturated rings. The van der Waals surface area contributed by atoms with Gasteiger partial charge in [0.25, 0.3) is 0 Å². The van der Waals surface area contributed by atoms with E-state index in [-0.39, 0.29) is 5.82 Å². The van der Waals surface area contributed by atoms with Crippen LogP contribution in [0.5, 0.6) is 0 Å². The van der Waals surface area contributed by atoms with E-state index >= 15 is 0 Å². The van der Waals surface area contributed by atoms with Crippen LogP contribution in [0.25, 0.3) is 5.57 Å². The van der Waals surface area contributed by atoms with Gasteiger partial charge < -0.3 is 5.32 Å². The topological polar surface area (TPSA) is 27.6 Å². The Morgan fingerprint density at radius 1 is 1.55 bits per heavy atom. The van der Waals surface area contributed by atoms with E-state index in [0.717, 1.165) is 29.1 Å². The minimum atomic E-state index is -0.224. The van der Waals surface area contributed by atoms with Crippen molar-refractivity contribution in [2.45, 2.75) is 19.8 Å². The SMILES string of the molecule is C=C1SC=NN1/C=C(\CCC)c1ccc(NC)cc1F. The Hall–Kier alpha value is -1.75. The van der Waals surface area contributed by atoms with Gasteiger partial charge >= 0.3 is 0 Å². The minimum Gasteiger partial charge on any atom is -0.388 e. The number of hydrogen-bond donors (Lipinski definition) is 1. The smallest absolute Gasteiger partial charge is 0.132 e. The number of nitrogens with one attached hydrogen (secondary N) is 1. The molecule has 0 unspecified atom stereocenters. The first-order chi connectivity index (χ1) is 9.65. The molecule has 5 heteroatoms. The predicted molar refractivity (Wildman–Crippen MR) is 85.9 cm³/mol. The third-order valence-corrected chi connectivity index (χ3v) is 3.68. The van der Waals surface area contributed by atoms with Gasteiger partial charge in [-0.1, -0.05) is 31.7 Å². The number of allylic oxidation sites excluding steroid dienone is 1. The first kappa shape index (κ1) is 14.7. The third-order valence-electron chi connectivity index (χ3n) is 3.02. The van der Waals surface area contributed by atoms with Crippen molar-refractivity contribution in [2.24, 2.45) is 5.10 Å². The molecule has 1 aromatic carbocycles. The van der Waals surface area contributed by atoms with E-state index in [9.17, 15) is 4.39 Å². The molecule has 0 radical (unpaired) electrons. The molecule has 0 saturated heterocycles. The van der Waals surface area contributed by atoms with Gasteiger partial charge in [0.2, 0.25) is 0 Å². The molecule has 1 N–H and O–H groups in total. The summed E-state index contributed by atoms with van der Waals surface area (Å²) in [5.74, 6) is -0.224. The molecule has 20 heavy (non-hydrogen) atoms. The highest BCUT2D eigenvalue weighted by Crippen LogP contribution is 2.30. The molecule has 0 spiro atoms. The lowest BCUT2D eigenvalue weighted by Crippen LogP contribution is -2.03. The highest BCUT2D eigenvalue weighted by molar-refractivity contribution is 8.15. The number of thioether (sulfide) groups is 1. The van der Waals surface area contributed by atoms with E-state index in [1.54, 1.807) is 23.7 Å². The Bertz CT molecular complexity index is 566. The monoisotopic (exact) mass is 291 g/mol. The number of anilines is 1. The van der Waals surface area contributed by atoms with Gasteiger partial charge in [-0.15, -0.1) is 0 Å². The van der Waals surface area contributed by atoms with Crippen molar-refractivity contribution >= 4 is 28.6 Å². The van der Waals surface area contributed by atoms with Gasteiger partial charge in [0, 0.05) is 24.5 Å². The largest absolute Gasteiger partial charge is 0.388 e. The average Bonchev–Trinajstić information content (AvgIpc) is 2.84. The van der Waals surface area contributed by atoms with Gasteiger partial charge in [-0.2, -0.15) is 5.10 Å². The molecule has 1 aliphatic rings. The van der Waals surface area contributed by atoms with Crippen LogP contribution in [0.1, 0.15) is 25.3 Å². The summed E-state index contributed by atoms with van der Waals surface area (Å²) in [6.07, 6.45) is 3.59. The number of hydrogen-bond acceptors (Lipinski definition) is 4. The Labute approximate surface area is 123 Å². The van der Waals surface area contributed by atoms with E-state index < -0.39 is 0 Å². The maximum atomic E-state index is 14.2. The van der Waals surface area contributed by atoms with Crippen LogP contribution < -0.4 is 5.32 Å². The quantitative estimate of drug-likeness (QED) is 0.867. The number of benzene rings is 1. The summed E-state index contributed by atoms with van der Waals surface area (Å²) in [5.41, 5.74) is 4.03. The second-order valence-corrected chi connectivity index (χ2v) is 5.34. The molecule has 1 aliphatic heterocycles. The molecule has 2 rings (SSSR count). The van der Waals surface area contributed by atoms with Gasteiger partial charge in [0.05, 0.1) is 10.6 Å². The maximum Gasteiger partial charge on any atom is 0.132 e. The first-order valence-electron chi connectivity index (χ1n) is 6.51. The van der Waals surface area contributed by atoms with Crippen molar-refractivity contribution < 1.29 is 4.39 Å². The van der Waals surface area contributed by atoms with Crippen LogP contribution >= 0.6 is 11.8 Å². The average molecular weight is 291 g/mol. The standard InChI is InChI=1S/C15H18FN3S/c1-4-5-12(9-19-11(2)20-10-18-19)14-7-6-13(17-3)8-15(14)16/h6-10,17H,2,4-5H2,1,3H3/b12-9+. The predicted octanol–water partition coefficient (Wildman–Crippen LogP) is 4.47. The van der Waals surface area contributed by atoms with Crippen molar-refractivity contribution in [1.29, 1.82) is 0 Å². The summed E-state index contributed by atoms with van der Waals surface area (Å²) in [4.78, 5) is 0. The second kappa shape index (κ2) is 6.61. The Morgan fingerprint density at radius 3 is 2.90 bits per heavy atom. The second-order valence-electron chi connectivity index (χ2n) is 4.43. The molecule has 0 bridgehead atoms. The number of hydrazone groups is 1. The van der Waals surface area contributed by atoms with Gasteiger partial charge in [0.15, 0.2) is 0 Å². The third kappa shape index (κ3) is 3.22. The first-order valence-corrected chi connectivity index (χ1v) is 7.39. The molecular weight excluding hydrogens is 273 g/mol. The lowest BCUT2D eigenvalue weighted by molar-refractivity contribution is 0.545. The van der Waals surface area contributed by atoms with Crippen molar-refractivity contribution in [3.8, 4) is 0 Å². The fraction of sp³-hybridized carbons (Fsp3) is 0.267. The molecule has 106 valence electrons. The number of nitrogens with zero attached hydrogens (tertiary/aromatic N) is 2. The van der Waals surface area contributed by atoms with E-state index in [1.165, 1.54) is 17.8 Å². The lowest BCUT2D eigenvalue weighted by Gasteiger charge is -2.14. The van der Waals surface area contributed by atoms with Crippen LogP contribution in [-0.4, -0.2) is 17.6 Å². The number of halogens is 1. The van der Waals surface area contributed by atoms with E-state index in [0.29, 0.717) is 5.56 Å². The number of rotatable bonds is 5. The van der Waals surface area contributed by atoms with Crippen LogP contribution in [0, 0.1) is 5.82 Å². The van der Waals surface area contributed by atoms with Crippen LogP contribution in [-0.2, 0) is 0 Å². The normalized spacial score (nSPS) is 15.1. The summed E-state index contributed by atoms with van der Waals surface area (Å²) >= 11 is 1.46. The Morgan fingerprint density at radius 2 is 2.35 bits per heavy atom. The fourth-order valence-corrected chi connectivity index (χ4v) is 2.45. The highest BCUT2D eigenvalue weighted by Gasteiger charge is 2.13. The zero-order valence-electron chi connectivity index (χ0n) is 11.7. The molecule has 0 saturated carbocycles. The summed E-state index contributed by atoms with van der Waals surface area (Å²) in [5, 5.41) is 9.64. The van der Waals surface area contributed by atoms with Crippen LogP contribution in [0.2, 0.25) is 0 Å². The molecule has 0 atom stereocenters. The fourth-order valence-electron chi connectivity index (χ4n) is 1.98. The van der Waals surface area contributed by atoms with Gasteiger partial charge in [-0.25, -0.2) is 9.40 Å². The molecule has 1 aromatic rings. The molecule has 3 nitrogen and oxygen atoms in total. The summed E-state index contributed by atoms with van der Waals surface area (Å²) in [6, 6.07) is 5.19. The van der Waals surface area contributed by atoms with Crippen molar-refractivity contribution in [3.63, 3.8) is 0 Å². The van der Waals surface area contributed by atoms with Gasteiger partial charge in [-0.05, 0) is 30.2 Å². The molecule has 1 heterocycles. The van der Waals surface area contributed by atoms with Crippen LogP contribution in [0.4, 0.5) is 10.1 Å². The lowest BCUT2D eigenvalue weighted by atomic mass is 10.0. The van der Waals surface area contributed by atoms with Gasteiger partial charge in [-0.3, -0.25) is 0 Å². The van der Waals surface area contributed by atoms with Crippen LogP contribution in [0.15, 0.2) is 41.1 Å². The summed E-state index contributed by atoms with van der Waals surface area (Å²) < 4.78 is 14.2. The van der Waals surface area contributed by atoms with E-state index in [4.69, 9.17) is 0 Å². The maximum absolute atomic E-state index is 14.2. The molecule has 0 amide bonds. The van der Waals surface area contributed by atoms with Crippen molar-refractivity contribution in [2.75, 3.05) is 12.4 Å². The zero-order valence-corrected chi connectivity index (χ0v) is 12.5. The van der Waals surface area contributed by atoms with Crippen LogP contribution in [0.3, 0.4) is 0 Å². The van der Waals surface area contributed by atoms with E-state index in [2.05, 4.69) is 23.9 Å². The molecule has 0 aliphatic carbocycles. The van der Waals surface area contributed by atoms with E-state index in [1.807, 2.05) is 12.3 Å². The Balaban J connectivity index is 2.35.